The number of nitrogens with one attached hydrogen (secondary N) is 6. The fourth-order valence-electron chi connectivity index (χ4n) is 8.33. The minimum absolute atomic E-state index is 0.0347. The number of nitrogen functional groups attached to an aromatic ring is 1. The number of benzene rings is 2. The van der Waals surface area contributed by atoms with E-state index in [1.54, 1.807) is 74.8 Å². The van der Waals surface area contributed by atoms with Crippen molar-refractivity contribution in [2.45, 2.75) is 64.6 Å². The Hall–Kier alpha value is -8.99. The zero-order chi connectivity index (χ0) is 60.9. The molecule has 2 aromatic carbocycles. The number of carbonyl (C=O) groups is 8. The van der Waals surface area contributed by atoms with Crippen LogP contribution in [0.4, 0.5) is 32.5 Å². The molecule has 2 aromatic heterocycles. The monoisotopic (exact) mass is 1180 g/mol. The summed E-state index contributed by atoms with van der Waals surface area (Å²) in [5, 5.41) is 16.3. The van der Waals surface area contributed by atoms with Gasteiger partial charge in [0.15, 0.2) is 23.0 Å². The van der Waals surface area contributed by atoms with Gasteiger partial charge in [-0.05, 0) is 73.6 Å². The molecule has 2 aliphatic rings. The summed E-state index contributed by atoms with van der Waals surface area (Å²) < 4.78 is 39.6. The first-order valence-corrected chi connectivity index (χ1v) is 27.8. The Morgan fingerprint density at radius 2 is 1.49 bits per heavy atom. The average molecular weight is 1180 g/mol. The molecule has 2 atom stereocenters. The predicted octanol–water partition coefficient (Wildman–Crippen LogP) is 2.68. The molecule has 1 unspecified atom stereocenters. The van der Waals surface area contributed by atoms with E-state index in [1.807, 2.05) is 11.9 Å². The summed E-state index contributed by atoms with van der Waals surface area (Å²) in [6.45, 7) is 7.07. The standard InChI is InChI=1S/C57H75N13O15/c1-37(2)50(68-47(71)17-25-79-27-29-81-31-32-82-30-28-80-26-22-70-48(72)14-15-49(70)73)54(75)66-41(7-4-18-61-56(59)77)53(74)64-40-11-8-38(9-12-40)36-85-57(78)62-19-5-23-83-45-13-10-39-33-46(45)84-24-6-21-69(3)44-16-20-60-34-43(44)67-55(76)51-52(58)63-35-42(39)65-51/h8-16,20,33-35,37,41,50H,4-7,17-19,21-32,36H2,1-3H3,(H2,58,63)(H,62,78)(H,64,74)(H,66,75)(H,67,76)(H,68,71)(H3,59,61,77)/t41?,50-/m0/s1. The third-order valence-corrected chi connectivity index (χ3v) is 12.9. The molecule has 85 heavy (non-hydrogen) atoms. The molecule has 0 saturated carbocycles. The number of rotatable bonds is 32. The van der Waals surface area contributed by atoms with Crippen LogP contribution in [0.2, 0.25) is 0 Å². The lowest BCUT2D eigenvalue weighted by Gasteiger charge is -2.25. The first-order chi connectivity index (χ1) is 41.1. The Morgan fingerprint density at radius 3 is 2.20 bits per heavy atom. The largest absolute Gasteiger partial charge is 0.490 e. The third kappa shape index (κ3) is 21.9. The number of nitrogens with two attached hydrogens (primary N) is 2. The van der Waals surface area contributed by atoms with Crippen molar-refractivity contribution >= 4 is 70.4 Å². The van der Waals surface area contributed by atoms with E-state index in [0.717, 1.165) is 10.6 Å². The molecule has 10 N–H and O–H groups in total. The second-order valence-corrected chi connectivity index (χ2v) is 19.7. The molecule has 28 nitrogen and oxygen atoms in total. The van der Waals surface area contributed by atoms with Crippen molar-refractivity contribution < 1.29 is 71.5 Å². The van der Waals surface area contributed by atoms with Crippen LogP contribution in [-0.2, 0) is 54.3 Å². The number of hydrogen-bond donors (Lipinski definition) is 8. The number of carbonyl (C=O) groups excluding carboxylic acids is 8. The highest BCUT2D eigenvalue weighted by Crippen LogP contribution is 2.34. The first-order valence-electron chi connectivity index (χ1n) is 27.8. The van der Waals surface area contributed by atoms with Crippen LogP contribution in [0.5, 0.6) is 11.5 Å². The number of hydrogen-bond acceptors (Lipinski definition) is 20. The number of imide groups is 1. The van der Waals surface area contributed by atoms with Gasteiger partial charge in [0.2, 0.25) is 17.7 Å². The average Bonchev–Trinajstić information content (AvgIpc) is 3.43. The number of alkyl carbamates (subject to hydrolysis) is 1. The predicted molar refractivity (Wildman–Crippen MR) is 310 cm³/mol. The van der Waals surface area contributed by atoms with Crippen molar-refractivity contribution in [1.82, 2.24) is 41.1 Å². The van der Waals surface area contributed by atoms with E-state index in [4.69, 9.17) is 44.6 Å². The lowest BCUT2D eigenvalue weighted by Crippen LogP contribution is -2.54. The summed E-state index contributed by atoms with van der Waals surface area (Å²) in [6.07, 6.45) is 7.87. The molecule has 0 aliphatic carbocycles. The molecule has 4 heterocycles. The van der Waals surface area contributed by atoms with Gasteiger partial charge < -0.3 is 81.4 Å². The van der Waals surface area contributed by atoms with Crippen molar-refractivity contribution in [2.75, 3.05) is 121 Å². The van der Waals surface area contributed by atoms with Gasteiger partial charge >= 0.3 is 12.1 Å². The molecule has 2 aliphatic heterocycles. The molecule has 0 fully saturated rings. The normalized spacial score (nSPS) is 13.8. The Morgan fingerprint density at radius 1 is 0.800 bits per heavy atom. The van der Waals surface area contributed by atoms with Gasteiger partial charge in [-0.1, -0.05) is 26.0 Å². The minimum atomic E-state index is -1.07. The Balaban J connectivity index is 0.882. The van der Waals surface area contributed by atoms with Crippen LogP contribution >= 0.6 is 0 Å². The highest BCUT2D eigenvalue weighted by Gasteiger charge is 2.29. The minimum Gasteiger partial charge on any atom is -0.490 e. The van der Waals surface area contributed by atoms with Gasteiger partial charge in [0.05, 0.1) is 102 Å². The van der Waals surface area contributed by atoms with Crippen LogP contribution in [0.25, 0.3) is 11.3 Å². The zero-order valence-electron chi connectivity index (χ0n) is 47.9. The lowest BCUT2D eigenvalue weighted by atomic mass is 10.0. The summed E-state index contributed by atoms with van der Waals surface area (Å²) in [4.78, 5) is 117. The maximum atomic E-state index is 13.7. The van der Waals surface area contributed by atoms with Gasteiger partial charge in [0.25, 0.3) is 17.7 Å². The van der Waals surface area contributed by atoms with E-state index in [2.05, 4.69) is 46.9 Å². The van der Waals surface area contributed by atoms with Gasteiger partial charge in [0, 0.05) is 62.7 Å². The third-order valence-electron chi connectivity index (χ3n) is 12.9. The highest BCUT2D eigenvalue weighted by atomic mass is 16.6. The molecule has 28 heteroatoms. The summed E-state index contributed by atoms with van der Waals surface area (Å²) in [7, 11) is 1.90. The molecule has 458 valence electrons. The van der Waals surface area contributed by atoms with Crippen LogP contribution in [0, 0.1) is 5.92 Å². The maximum absolute atomic E-state index is 13.7. The Bertz CT molecular complexity index is 2910. The number of fused-ring (bicyclic) bond motifs is 6. The molecule has 6 rings (SSSR count). The van der Waals surface area contributed by atoms with E-state index in [-0.39, 0.29) is 114 Å². The van der Waals surface area contributed by atoms with Crippen LogP contribution in [0.15, 0.2) is 79.3 Å². The number of aromatic nitrogens is 3. The van der Waals surface area contributed by atoms with Gasteiger partial charge in [-0.2, -0.15) is 0 Å². The van der Waals surface area contributed by atoms with Crippen LogP contribution in [-0.4, -0.2) is 179 Å². The number of ether oxygens (including phenoxy) is 7. The summed E-state index contributed by atoms with van der Waals surface area (Å²) in [5.41, 5.74) is 14.5. The second kappa shape index (κ2) is 34.6. The molecular weight excluding hydrogens is 1110 g/mol. The van der Waals surface area contributed by atoms with Gasteiger partial charge in [0.1, 0.15) is 18.7 Å². The number of urea groups is 1. The van der Waals surface area contributed by atoms with Gasteiger partial charge in [-0.15, -0.1) is 0 Å². The summed E-state index contributed by atoms with van der Waals surface area (Å²) in [6, 6.07) is 10.8. The molecule has 9 amide bonds. The maximum Gasteiger partial charge on any atom is 0.407 e. The number of pyridine rings is 1. The van der Waals surface area contributed by atoms with Crippen LogP contribution in [0.1, 0.15) is 62.0 Å². The van der Waals surface area contributed by atoms with Crippen LogP contribution in [0.3, 0.4) is 0 Å². The van der Waals surface area contributed by atoms with Gasteiger partial charge in [-0.25, -0.2) is 19.6 Å². The smallest absolute Gasteiger partial charge is 0.407 e. The van der Waals surface area contributed by atoms with E-state index in [0.29, 0.717) is 85.5 Å². The van der Waals surface area contributed by atoms with Crippen molar-refractivity contribution in [1.29, 1.82) is 0 Å². The van der Waals surface area contributed by atoms with E-state index >= 15 is 0 Å². The summed E-state index contributed by atoms with van der Waals surface area (Å²) in [5.74, 6) is -2.31. The number of nitrogens with zero attached hydrogens (tertiary/aromatic N) is 5. The topological polar surface area (TPSA) is 371 Å². The highest BCUT2D eigenvalue weighted by molar-refractivity contribution is 6.13. The molecule has 4 aromatic rings. The quantitative estimate of drug-likeness (QED) is 0.0257. The molecular formula is C57H75N13O15. The van der Waals surface area contributed by atoms with Crippen molar-refractivity contribution in [3.05, 3.63) is 90.5 Å². The number of anilines is 4. The molecule has 0 spiro atoms. The zero-order valence-corrected chi connectivity index (χ0v) is 47.9. The summed E-state index contributed by atoms with van der Waals surface area (Å²) >= 11 is 0. The van der Waals surface area contributed by atoms with Crippen LogP contribution < -0.4 is 57.7 Å². The fourth-order valence-corrected chi connectivity index (χ4v) is 8.33. The van der Waals surface area contributed by atoms with Crippen molar-refractivity contribution in [3.8, 4) is 22.8 Å². The molecule has 4 bridgehead atoms. The Labute approximate surface area is 491 Å². The SMILES string of the molecule is CC(C)[C@H](NC(=O)CCOCCOCCOCCOCCN1C(=O)C=CC1=O)C(=O)NC(CCCNC(N)=O)C(=O)Nc1ccc(COC(=O)NCCCOc2ccc3cc2OCCCN(C)c2ccncc2NC(=O)c2nc-3cnc2N)cc1. The number of amides is 9. The van der Waals surface area contributed by atoms with Crippen molar-refractivity contribution in [3.63, 3.8) is 0 Å². The molecule has 0 saturated heterocycles. The fraction of sp³-hybridized carbons (Fsp3) is 0.456. The Kier molecular flexibility index (Phi) is 26.5. The van der Waals surface area contributed by atoms with Crippen molar-refractivity contribution in [2.24, 2.45) is 11.7 Å². The first kappa shape index (κ1) is 65.2. The number of primary amides is 1. The van der Waals surface area contributed by atoms with Gasteiger partial charge in [-0.3, -0.25) is 38.7 Å². The second-order valence-electron chi connectivity index (χ2n) is 19.7. The molecule has 0 radical (unpaired) electrons. The van der Waals surface area contributed by atoms with E-state index in [9.17, 15) is 38.4 Å². The van der Waals surface area contributed by atoms with E-state index < -0.39 is 47.8 Å². The van der Waals surface area contributed by atoms with E-state index in [1.165, 1.54) is 18.3 Å². The lowest BCUT2D eigenvalue weighted by molar-refractivity contribution is -0.137.